The predicted molar refractivity (Wildman–Crippen MR) is 67.8 cm³/mol. The van der Waals surface area contributed by atoms with Crippen molar-refractivity contribution in [2.24, 2.45) is 11.7 Å². The monoisotopic (exact) mass is 241 g/mol. The lowest BCUT2D eigenvalue weighted by molar-refractivity contribution is 1.09. The van der Waals surface area contributed by atoms with E-state index in [0.717, 1.165) is 5.56 Å². The summed E-state index contributed by atoms with van der Waals surface area (Å²) in [6, 6.07) is 11.3. The molecule has 18 heavy (non-hydrogen) atoms. The number of nitrogens with zero attached hydrogens (tertiary/aromatic N) is 3. The first-order valence-corrected chi connectivity index (χ1v) is 5.11. The first-order valence-electron chi connectivity index (χ1n) is 5.11. The summed E-state index contributed by atoms with van der Waals surface area (Å²) in [5, 5.41) is 9.18. The zero-order valence-corrected chi connectivity index (χ0v) is 9.38. The largest absolute Gasteiger partial charge is 0.307 e. The van der Waals surface area contributed by atoms with Crippen LogP contribution in [0.1, 0.15) is 5.56 Å². The zero-order valence-electron chi connectivity index (χ0n) is 9.38. The number of nitrogens with two attached hydrogens (primary N) is 2. The van der Waals surface area contributed by atoms with Gasteiger partial charge in [-0.3, -0.25) is 5.43 Å². The van der Waals surface area contributed by atoms with Gasteiger partial charge in [-0.05, 0) is 0 Å². The van der Waals surface area contributed by atoms with E-state index in [9.17, 15) is 5.26 Å². The normalized spacial score (nSPS) is 9.61. The second kappa shape index (κ2) is 5.09. The van der Waals surface area contributed by atoms with Crippen LogP contribution in [0.25, 0.3) is 11.3 Å². The van der Waals surface area contributed by atoms with E-state index in [1.165, 1.54) is 0 Å². The molecule has 0 amide bonds. The topological polar surface area (TPSA) is 126 Å². The van der Waals surface area contributed by atoms with Crippen molar-refractivity contribution < 1.29 is 0 Å². The molecule has 0 fully saturated rings. The van der Waals surface area contributed by atoms with Gasteiger partial charge in [-0.25, -0.2) is 16.7 Å². The SMILES string of the molecule is N#Cc1c(NN)nc(NN)nc1-c1ccccc1. The molecule has 7 nitrogen and oxygen atoms in total. The zero-order chi connectivity index (χ0) is 13.0. The molecule has 0 aliphatic carbocycles. The van der Waals surface area contributed by atoms with Crippen molar-refractivity contribution in [3.63, 3.8) is 0 Å². The Bertz CT molecular complexity index is 588. The van der Waals surface area contributed by atoms with Gasteiger partial charge < -0.3 is 5.43 Å². The van der Waals surface area contributed by atoms with Crippen molar-refractivity contribution in [2.45, 2.75) is 0 Å². The lowest BCUT2D eigenvalue weighted by Gasteiger charge is -2.09. The number of hydrogen-bond donors (Lipinski definition) is 4. The number of nitrogens with one attached hydrogen (secondary N) is 2. The molecule has 0 radical (unpaired) electrons. The van der Waals surface area contributed by atoms with E-state index in [0.29, 0.717) is 5.69 Å². The molecule has 0 aliphatic heterocycles. The van der Waals surface area contributed by atoms with Crippen LogP contribution in [0.3, 0.4) is 0 Å². The van der Waals surface area contributed by atoms with Crippen LogP contribution in [0.4, 0.5) is 11.8 Å². The molecule has 0 spiro atoms. The average Bonchev–Trinajstić information content (AvgIpc) is 2.46. The average molecular weight is 241 g/mol. The Morgan fingerprint density at radius 2 is 1.78 bits per heavy atom. The highest BCUT2D eigenvalue weighted by Gasteiger charge is 2.14. The first kappa shape index (κ1) is 11.8. The smallest absolute Gasteiger partial charge is 0.239 e. The van der Waals surface area contributed by atoms with Crippen molar-refractivity contribution in [2.75, 3.05) is 10.9 Å². The molecule has 1 heterocycles. The minimum absolute atomic E-state index is 0.181. The highest BCUT2D eigenvalue weighted by atomic mass is 15.3. The lowest BCUT2D eigenvalue weighted by Crippen LogP contribution is -2.16. The van der Waals surface area contributed by atoms with Crippen LogP contribution in [0.2, 0.25) is 0 Å². The fourth-order valence-corrected chi connectivity index (χ4v) is 1.54. The Labute approximate surface area is 103 Å². The number of aromatic nitrogens is 2. The maximum absolute atomic E-state index is 9.18. The van der Waals surface area contributed by atoms with Gasteiger partial charge in [-0.15, -0.1) is 0 Å². The summed E-state index contributed by atoms with van der Waals surface area (Å²) in [5.74, 6) is 11.0. The van der Waals surface area contributed by atoms with Gasteiger partial charge >= 0.3 is 0 Å². The van der Waals surface area contributed by atoms with Gasteiger partial charge in [0.05, 0.1) is 5.69 Å². The molecule has 0 saturated heterocycles. The fraction of sp³-hybridized carbons (Fsp3) is 0. The summed E-state index contributed by atoms with van der Waals surface area (Å²) < 4.78 is 0. The van der Waals surface area contributed by atoms with Crippen LogP contribution >= 0.6 is 0 Å². The van der Waals surface area contributed by atoms with E-state index >= 15 is 0 Å². The third-order valence-corrected chi connectivity index (χ3v) is 2.33. The van der Waals surface area contributed by atoms with Crippen LogP contribution < -0.4 is 22.5 Å². The van der Waals surface area contributed by atoms with E-state index in [1.54, 1.807) is 0 Å². The highest BCUT2D eigenvalue weighted by Crippen LogP contribution is 2.26. The van der Waals surface area contributed by atoms with E-state index in [2.05, 4.69) is 20.8 Å². The highest BCUT2D eigenvalue weighted by molar-refractivity contribution is 5.73. The molecule has 90 valence electrons. The summed E-state index contributed by atoms with van der Waals surface area (Å²) in [7, 11) is 0. The molecule has 0 bridgehead atoms. The lowest BCUT2D eigenvalue weighted by atomic mass is 10.1. The number of anilines is 2. The van der Waals surface area contributed by atoms with Gasteiger partial charge in [-0.1, -0.05) is 30.3 Å². The van der Waals surface area contributed by atoms with E-state index in [-0.39, 0.29) is 17.3 Å². The minimum atomic E-state index is 0.181. The molecular formula is C11H11N7. The summed E-state index contributed by atoms with van der Waals surface area (Å²) in [6.07, 6.45) is 0. The molecular weight excluding hydrogens is 230 g/mol. The van der Waals surface area contributed by atoms with Crippen LogP contribution in [0.5, 0.6) is 0 Å². The van der Waals surface area contributed by atoms with E-state index in [1.807, 2.05) is 36.4 Å². The predicted octanol–water partition coefficient (Wildman–Crippen LogP) is 0.586. The van der Waals surface area contributed by atoms with Crippen molar-refractivity contribution in [3.05, 3.63) is 35.9 Å². The molecule has 0 aliphatic rings. The summed E-state index contributed by atoms with van der Waals surface area (Å²) >= 11 is 0. The molecule has 1 aromatic heterocycles. The van der Waals surface area contributed by atoms with Gasteiger partial charge in [0.25, 0.3) is 0 Å². The maximum Gasteiger partial charge on any atom is 0.239 e. The molecule has 0 saturated carbocycles. The van der Waals surface area contributed by atoms with E-state index < -0.39 is 0 Å². The maximum atomic E-state index is 9.18. The van der Waals surface area contributed by atoms with E-state index in [4.69, 9.17) is 11.7 Å². The quantitative estimate of drug-likeness (QED) is 0.457. The second-order valence-corrected chi connectivity index (χ2v) is 3.39. The molecule has 0 atom stereocenters. The summed E-state index contributed by atoms with van der Waals surface area (Å²) in [5.41, 5.74) is 6.21. The second-order valence-electron chi connectivity index (χ2n) is 3.39. The number of rotatable bonds is 3. The molecule has 1 aromatic carbocycles. The summed E-state index contributed by atoms with van der Waals surface area (Å²) in [6.45, 7) is 0. The van der Waals surface area contributed by atoms with Gasteiger partial charge in [0.15, 0.2) is 5.82 Å². The van der Waals surface area contributed by atoms with Gasteiger partial charge in [0.2, 0.25) is 5.95 Å². The minimum Gasteiger partial charge on any atom is -0.307 e. The number of hydrazine groups is 2. The molecule has 6 N–H and O–H groups in total. The molecule has 0 unspecified atom stereocenters. The Balaban J connectivity index is 2.69. The molecule has 2 rings (SSSR count). The van der Waals surface area contributed by atoms with Crippen LogP contribution in [-0.4, -0.2) is 9.97 Å². The van der Waals surface area contributed by atoms with Gasteiger partial charge in [-0.2, -0.15) is 10.2 Å². The number of nitrogen functional groups attached to an aromatic ring is 2. The molecule has 2 aromatic rings. The Morgan fingerprint density at radius 3 is 2.33 bits per heavy atom. The van der Waals surface area contributed by atoms with Gasteiger partial charge in [0.1, 0.15) is 11.6 Å². The standard InChI is InChI=1S/C11H11N7/c12-6-8-9(7-4-2-1-3-5-7)15-11(18-14)16-10(8)17-13/h1-5H,13-14H2,(H2,15,16,17,18). The fourth-order valence-electron chi connectivity index (χ4n) is 1.54. The number of benzene rings is 1. The van der Waals surface area contributed by atoms with Crippen LogP contribution in [0.15, 0.2) is 30.3 Å². The Kier molecular flexibility index (Phi) is 3.33. The Hall–Kier alpha value is -2.69. The summed E-state index contributed by atoms with van der Waals surface area (Å²) in [4.78, 5) is 8.14. The third-order valence-electron chi connectivity index (χ3n) is 2.33. The van der Waals surface area contributed by atoms with Crippen molar-refractivity contribution in [3.8, 4) is 17.3 Å². The first-order chi connectivity index (χ1) is 8.80. The van der Waals surface area contributed by atoms with Crippen molar-refractivity contribution in [1.29, 1.82) is 5.26 Å². The van der Waals surface area contributed by atoms with Crippen molar-refractivity contribution >= 4 is 11.8 Å². The molecule has 7 heteroatoms. The van der Waals surface area contributed by atoms with Crippen LogP contribution in [-0.2, 0) is 0 Å². The van der Waals surface area contributed by atoms with Gasteiger partial charge in [0, 0.05) is 5.56 Å². The number of hydrogen-bond acceptors (Lipinski definition) is 7. The van der Waals surface area contributed by atoms with Crippen LogP contribution in [0, 0.1) is 11.3 Å². The third kappa shape index (κ3) is 2.06. The Morgan fingerprint density at radius 1 is 1.06 bits per heavy atom. The van der Waals surface area contributed by atoms with Crippen molar-refractivity contribution in [1.82, 2.24) is 9.97 Å². The number of nitriles is 1.